The summed E-state index contributed by atoms with van der Waals surface area (Å²) in [6.07, 6.45) is 1.65. The first-order valence-electron chi connectivity index (χ1n) is 6.54. The van der Waals surface area contributed by atoms with Crippen LogP contribution in [-0.4, -0.2) is 31.1 Å². The van der Waals surface area contributed by atoms with E-state index >= 15 is 0 Å². The van der Waals surface area contributed by atoms with Crippen LogP contribution < -0.4 is 10.0 Å². The molecule has 0 aliphatic rings. The molecule has 2 rings (SSSR count). The van der Waals surface area contributed by atoms with Crippen LogP contribution in [0.4, 0.5) is 0 Å². The number of aromatic nitrogens is 2. The highest BCUT2D eigenvalue weighted by Gasteiger charge is 2.19. The lowest BCUT2D eigenvalue weighted by Gasteiger charge is -2.09. The van der Waals surface area contributed by atoms with E-state index in [1.54, 1.807) is 11.4 Å². The summed E-state index contributed by atoms with van der Waals surface area (Å²) in [5, 5.41) is 8.48. The molecule has 2 N–H and O–H groups in total. The zero-order chi connectivity index (χ0) is 15.3. The minimum atomic E-state index is -3.52. The predicted octanol–water partition coefficient (Wildman–Crippen LogP) is 1.15. The van der Waals surface area contributed by atoms with E-state index < -0.39 is 10.0 Å². The number of rotatable bonds is 8. The Kier molecular flexibility index (Phi) is 5.45. The van der Waals surface area contributed by atoms with Crippen LogP contribution >= 0.6 is 11.3 Å². The summed E-state index contributed by atoms with van der Waals surface area (Å²) >= 11 is 1.43. The molecule has 0 aliphatic carbocycles. The molecule has 0 aromatic carbocycles. The van der Waals surface area contributed by atoms with Gasteiger partial charge in [0.15, 0.2) is 6.33 Å². The molecule has 0 unspecified atom stereocenters. The number of nitrogens with zero attached hydrogens (tertiary/aromatic N) is 2. The number of sulfonamides is 1. The first-order valence-corrected chi connectivity index (χ1v) is 8.90. The van der Waals surface area contributed by atoms with Crippen LogP contribution in [0, 0.1) is 0 Å². The molecule has 2 aromatic heterocycles. The van der Waals surface area contributed by atoms with Gasteiger partial charge in [-0.3, -0.25) is 0 Å². The second kappa shape index (κ2) is 7.12. The maximum atomic E-state index is 12.3. The standard InChI is InChI=1S/C12H18N4O3S2/c1-9(2)13-7-10-11(4-6-20-10)21(17,18)16-5-3-12-14-8-15-19-12/h4,6,8-9,13,16H,3,5,7H2,1-2H3. The van der Waals surface area contributed by atoms with Crippen molar-refractivity contribution in [2.24, 2.45) is 0 Å². The van der Waals surface area contributed by atoms with Crippen molar-refractivity contribution in [1.29, 1.82) is 0 Å². The first-order chi connectivity index (χ1) is 9.99. The van der Waals surface area contributed by atoms with E-state index in [-0.39, 0.29) is 6.54 Å². The smallest absolute Gasteiger partial charge is 0.241 e. The Morgan fingerprint density at radius 2 is 2.24 bits per heavy atom. The van der Waals surface area contributed by atoms with Crippen LogP contribution in [0.5, 0.6) is 0 Å². The van der Waals surface area contributed by atoms with E-state index in [9.17, 15) is 8.42 Å². The van der Waals surface area contributed by atoms with Crippen molar-refractivity contribution in [1.82, 2.24) is 20.2 Å². The Morgan fingerprint density at radius 1 is 1.43 bits per heavy atom. The maximum absolute atomic E-state index is 12.3. The lowest BCUT2D eigenvalue weighted by Crippen LogP contribution is -2.28. The first kappa shape index (κ1) is 16.1. The third-order valence-electron chi connectivity index (χ3n) is 2.70. The number of thiophene rings is 1. The normalized spacial score (nSPS) is 12.1. The zero-order valence-corrected chi connectivity index (χ0v) is 13.5. The lowest BCUT2D eigenvalue weighted by molar-refractivity contribution is 0.377. The molecule has 116 valence electrons. The molecule has 0 saturated heterocycles. The Hall–Kier alpha value is -1.29. The summed E-state index contributed by atoms with van der Waals surface area (Å²) in [7, 11) is -3.52. The molecule has 0 aliphatic heterocycles. The lowest BCUT2D eigenvalue weighted by atomic mass is 10.4. The van der Waals surface area contributed by atoms with Crippen LogP contribution in [0.1, 0.15) is 24.6 Å². The van der Waals surface area contributed by atoms with Gasteiger partial charge in [0.25, 0.3) is 0 Å². The number of nitrogens with one attached hydrogen (secondary N) is 2. The minimum absolute atomic E-state index is 0.220. The van der Waals surface area contributed by atoms with Crippen LogP contribution in [-0.2, 0) is 23.0 Å². The quantitative estimate of drug-likeness (QED) is 0.753. The van der Waals surface area contributed by atoms with E-state index in [1.807, 2.05) is 13.8 Å². The van der Waals surface area contributed by atoms with Gasteiger partial charge in [-0.2, -0.15) is 4.98 Å². The van der Waals surface area contributed by atoms with Crippen molar-refractivity contribution in [3.05, 3.63) is 28.5 Å². The SMILES string of the molecule is CC(C)NCc1sccc1S(=O)(=O)NCCc1ncno1. The third-order valence-corrected chi connectivity index (χ3v) is 5.30. The van der Waals surface area contributed by atoms with Gasteiger partial charge in [0.05, 0.1) is 4.90 Å². The molecule has 0 radical (unpaired) electrons. The summed E-state index contributed by atoms with van der Waals surface area (Å²) in [6.45, 7) is 4.79. The topological polar surface area (TPSA) is 97.1 Å². The molecule has 21 heavy (non-hydrogen) atoms. The van der Waals surface area contributed by atoms with Crippen molar-refractivity contribution in [3.63, 3.8) is 0 Å². The van der Waals surface area contributed by atoms with Gasteiger partial charge in [-0.05, 0) is 11.4 Å². The summed E-state index contributed by atoms with van der Waals surface area (Å²) in [5.41, 5.74) is 0. The second-order valence-corrected chi connectivity index (χ2v) is 7.46. The molecule has 7 nitrogen and oxygen atoms in total. The van der Waals surface area contributed by atoms with Crippen LogP contribution in [0.3, 0.4) is 0 Å². The maximum Gasteiger partial charge on any atom is 0.241 e. The van der Waals surface area contributed by atoms with E-state index in [0.717, 1.165) is 4.88 Å². The highest BCUT2D eigenvalue weighted by atomic mass is 32.2. The largest absolute Gasteiger partial charge is 0.340 e. The highest BCUT2D eigenvalue weighted by molar-refractivity contribution is 7.89. The van der Waals surface area contributed by atoms with Gasteiger partial charge in [0.1, 0.15) is 0 Å². The van der Waals surface area contributed by atoms with Crippen LogP contribution in [0.2, 0.25) is 0 Å². The van der Waals surface area contributed by atoms with E-state index in [4.69, 9.17) is 4.52 Å². The summed E-state index contributed by atoms with van der Waals surface area (Å²) < 4.78 is 32.0. The van der Waals surface area contributed by atoms with Gasteiger partial charge in [0, 0.05) is 30.4 Å². The van der Waals surface area contributed by atoms with Crippen LogP contribution in [0.15, 0.2) is 27.2 Å². The third kappa shape index (κ3) is 4.60. The van der Waals surface area contributed by atoms with Gasteiger partial charge < -0.3 is 9.84 Å². The second-order valence-electron chi connectivity index (χ2n) is 4.73. The van der Waals surface area contributed by atoms with E-state index in [2.05, 4.69) is 20.2 Å². The van der Waals surface area contributed by atoms with Gasteiger partial charge >= 0.3 is 0 Å². The van der Waals surface area contributed by atoms with Crippen molar-refractivity contribution < 1.29 is 12.9 Å². The summed E-state index contributed by atoms with van der Waals surface area (Å²) in [6, 6.07) is 1.92. The molecule has 0 saturated carbocycles. The predicted molar refractivity (Wildman–Crippen MR) is 79.5 cm³/mol. The highest BCUT2D eigenvalue weighted by Crippen LogP contribution is 2.21. The fraction of sp³-hybridized carbons (Fsp3) is 0.500. The Balaban J connectivity index is 1.97. The average Bonchev–Trinajstić information content (AvgIpc) is 3.07. The molecule has 9 heteroatoms. The fourth-order valence-electron chi connectivity index (χ4n) is 1.67. The van der Waals surface area contributed by atoms with E-state index in [1.165, 1.54) is 17.7 Å². The van der Waals surface area contributed by atoms with Crippen molar-refractivity contribution in [2.45, 2.75) is 37.8 Å². The molecule has 0 bridgehead atoms. The minimum Gasteiger partial charge on any atom is -0.340 e. The summed E-state index contributed by atoms with van der Waals surface area (Å²) in [5.74, 6) is 0.407. The molecule has 2 aromatic rings. The average molecular weight is 330 g/mol. The fourth-order valence-corrected chi connectivity index (χ4v) is 4.09. The van der Waals surface area contributed by atoms with Crippen molar-refractivity contribution in [2.75, 3.05) is 6.54 Å². The molecule has 0 fully saturated rings. The molecule has 0 atom stereocenters. The van der Waals surface area contributed by atoms with Gasteiger partial charge in [-0.25, -0.2) is 13.1 Å². The van der Waals surface area contributed by atoms with Gasteiger partial charge in [-0.1, -0.05) is 19.0 Å². The van der Waals surface area contributed by atoms with Crippen molar-refractivity contribution in [3.8, 4) is 0 Å². The number of hydrogen-bond donors (Lipinski definition) is 2. The molecule has 0 spiro atoms. The molecule has 0 amide bonds. The van der Waals surface area contributed by atoms with Gasteiger partial charge in [-0.15, -0.1) is 11.3 Å². The van der Waals surface area contributed by atoms with Gasteiger partial charge in [0.2, 0.25) is 15.9 Å². The van der Waals surface area contributed by atoms with Crippen molar-refractivity contribution >= 4 is 21.4 Å². The monoisotopic (exact) mass is 330 g/mol. The zero-order valence-electron chi connectivity index (χ0n) is 11.9. The molecular weight excluding hydrogens is 312 g/mol. The Bertz CT molecular complexity index is 650. The summed E-state index contributed by atoms with van der Waals surface area (Å²) in [4.78, 5) is 4.97. The van der Waals surface area contributed by atoms with Crippen LogP contribution in [0.25, 0.3) is 0 Å². The Labute approximate surface area is 127 Å². The molecule has 2 heterocycles. The number of hydrogen-bond acceptors (Lipinski definition) is 7. The molecular formula is C12H18N4O3S2. The Morgan fingerprint density at radius 3 is 2.90 bits per heavy atom. The van der Waals surface area contributed by atoms with E-state index in [0.29, 0.717) is 29.8 Å².